The lowest BCUT2D eigenvalue weighted by molar-refractivity contribution is -0.119. The fourth-order valence-corrected chi connectivity index (χ4v) is 3.60. The number of imide groups is 1. The smallest absolute Gasteiger partial charge is 0.286 e. The number of carbonyl (C=O) groups is 2. The molecular weight excluding hydrogens is 350 g/mol. The van der Waals surface area contributed by atoms with E-state index in [1.807, 2.05) is 18.2 Å². The van der Waals surface area contributed by atoms with E-state index in [0.29, 0.717) is 6.61 Å². The Kier molecular flexibility index (Phi) is 6.60. The summed E-state index contributed by atoms with van der Waals surface area (Å²) in [5, 5.41) is 1.91. The minimum absolute atomic E-state index is 0.141. The first kappa shape index (κ1) is 18.4. The quantitative estimate of drug-likeness (QED) is 0.680. The fraction of sp³-hybridized carbons (Fsp3) is 0.368. The van der Waals surface area contributed by atoms with Crippen LogP contribution in [0.4, 0.5) is 4.79 Å². The second-order valence-corrected chi connectivity index (χ2v) is 7.29. The van der Waals surface area contributed by atoms with Crippen molar-refractivity contribution < 1.29 is 14.3 Å². The number of amides is 2. The maximum absolute atomic E-state index is 11.5. The molecular formula is C19H21N3O3S. The number of nitrogens with one attached hydrogen (secondary N) is 1. The number of nitrogens with zero attached hydrogens (tertiary/aromatic N) is 2. The molecule has 0 bridgehead atoms. The summed E-state index contributed by atoms with van der Waals surface area (Å²) in [7, 11) is 0. The Morgan fingerprint density at radius 3 is 2.62 bits per heavy atom. The zero-order chi connectivity index (χ0) is 18.2. The predicted octanol–water partition coefficient (Wildman–Crippen LogP) is 3.51. The molecule has 2 amide bonds. The van der Waals surface area contributed by atoms with E-state index < -0.39 is 0 Å². The summed E-state index contributed by atoms with van der Waals surface area (Å²) >= 11 is 1.11. The monoisotopic (exact) mass is 371 g/mol. The van der Waals surface area contributed by atoms with Gasteiger partial charge in [0.15, 0.2) is 0 Å². The molecule has 2 heterocycles. The number of aryl methyl sites for hydroxylation is 1. The minimum atomic E-state index is -0.220. The summed E-state index contributed by atoms with van der Waals surface area (Å²) in [5.41, 5.74) is 2.11. The Hall–Kier alpha value is -2.41. The standard InChI is InChI=1S/C19H21N3O3S/c23-18-17(26-19(24)22-18)5-3-1-2-4-14-6-8-16(9-7-14)25-12-15-10-11-20-13-21-15/h6-11,13,17H,1-5,12H2,(H,22,23,24). The van der Waals surface area contributed by atoms with E-state index in [-0.39, 0.29) is 16.4 Å². The zero-order valence-corrected chi connectivity index (χ0v) is 15.2. The van der Waals surface area contributed by atoms with Crippen LogP contribution in [0.5, 0.6) is 5.75 Å². The van der Waals surface area contributed by atoms with Crippen LogP contribution in [0.3, 0.4) is 0 Å². The van der Waals surface area contributed by atoms with Crippen molar-refractivity contribution in [1.29, 1.82) is 0 Å². The summed E-state index contributed by atoms with van der Waals surface area (Å²) in [6.45, 7) is 0.428. The minimum Gasteiger partial charge on any atom is -0.487 e. The van der Waals surface area contributed by atoms with Crippen LogP contribution in [0.25, 0.3) is 0 Å². The van der Waals surface area contributed by atoms with Crippen molar-refractivity contribution in [2.45, 2.75) is 44.0 Å². The van der Waals surface area contributed by atoms with Crippen molar-refractivity contribution in [1.82, 2.24) is 15.3 Å². The van der Waals surface area contributed by atoms with E-state index in [0.717, 1.165) is 55.3 Å². The van der Waals surface area contributed by atoms with Gasteiger partial charge < -0.3 is 4.74 Å². The highest BCUT2D eigenvalue weighted by Crippen LogP contribution is 2.24. The van der Waals surface area contributed by atoms with Gasteiger partial charge in [0.2, 0.25) is 5.91 Å². The largest absolute Gasteiger partial charge is 0.487 e. The van der Waals surface area contributed by atoms with Crippen molar-refractivity contribution in [2.24, 2.45) is 0 Å². The highest BCUT2D eigenvalue weighted by Gasteiger charge is 2.30. The lowest BCUT2D eigenvalue weighted by atomic mass is 10.1. The Bertz CT molecular complexity index is 737. The number of unbranched alkanes of at least 4 members (excludes halogenated alkanes) is 2. The van der Waals surface area contributed by atoms with E-state index in [9.17, 15) is 9.59 Å². The van der Waals surface area contributed by atoms with E-state index in [2.05, 4.69) is 27.4 Å². The van der Waals surface area contributed by atoms with Gasteiger partial charge >= 0.3 is 0 Å². The molecule has 1 aliphatic heterocycles. The Balaban J connectivity index is 1.33. The molecule has 0 aliphatic carbocycles. The Morgan fingerprint density at radius 2 is 1.92 bits per heavy atom. The number of aromatic nitrogens is 2. The molecule has 1 N–H and O–H groups in total. The van der Waals surface area contributed by atoms with E-state index in [4.69, 9.17) is 4.74 Å². The third kappa shape index (κ3) is 5.56. The molecule has 1 fully saturated rings. The van der Waals surface area contributed by atoms with Crippen LogP contribution in [-0.4, -0.2) is 26.4 Å². The van der Waals surface area contributed by atoms with Gasteiger partial charge in [0.25, 0.3) is 5.24 Å². The van der Waals surface area contributed by atoms with Gasteiger partial charge in [-0.2, -0.15) is 0 Å². The first-order chi connectivity index (χ1) is 12.7. The Morgan fingerprint density at radius 1 is 1.08 bits per heavy atom. The van der Waals surface area contributed by atoms with Crippen LogP contribution in [-0.2, 0) is 17.8 Å². The molecule has 26 heavy (non-hydrogen) atoms. The topological polar surface area (TPSA) is 81.2 Å². The first-order valence-electron chi connectivity index (χ1n) is 8.69. The third-order valence-corrected chi connectivity index (χ3v) is 5.20. The van der Waals surface area contributed by atoms with Gasteiger partial charge in [0, 0.05) is 6.20 Å². The van der Waals surface area contributed by atoms with Crippen LogP contribution in [0.15, 0.2) is 42.9 Å². The van der Waals surface area contributed by atoms with E-state index >= 15 is 0 Å². The van der Waals surface area contributed by atoms with E-state index in [1.54, 1.807) is 6.20 Å². The van der Waals surface area contributed by atoms with E-state index in [1.165, 1.54) is 11.9 Å². The molecule has 0 radical (unpaired) electrons. The normalized spacial score (nSPS) is 16.5. The zero-order valence-electron chi connectivity index (χ0n) is 14.4. The fourth-order valence-electron chi connectivity index (χ4n) is 2.73. The lowest BCUT2D eigenvalue weighted by Crippen LogP contribution is -2.24. The summed E-state index contributed by atoms with van der Waals surface area (Å²) < 4.78 is 5.71. The third-order valence-electron chi connectivity index (χ3n) is 4.15. The molecule has 0 saturated carbocycles. The van der Waals surface area contributed by atoms with Crippen LogP contribution in [0.2, 0.25) is 0 Å². The number of hydrogen-bond acceptors (Lipinski definition) is 6. The lowest BCUT2D eigenvalue weighted by Gasteiger charge is -2.07. The number of carbonyl (C=O) groups excluding carboxylic acids is 2. The molecule has 1 aromatic heterocycles. The molecule has 3 rings (SSSR count). The van der Waals surface area contributed by atoms with Crippen molar-refractivity contribution >= 4 is 22.9 Å². The molecule has 136 valence electrons. The summed E-state index contributed by atoms with van der Waals surface area (Å²) in [6, 6.07) is 9.93. The van der Waals surface area contributed by atoms with Gasteiger partial charge in [0.1, 0.15) is 18.7 Å². The second kappa shape index (κ2) is 9.33. The van der Waals surface area contributed by atoms with Gasteiger partial charge in [-0.3, -0.25) is 14.9 Å². The highest BCUT2D eigenvalue weighted by molar-refractivity contribution is 8.15. The van der Waals surface area contributed by atoms with Gasteiger partial charge in [0.05, 0.1) is 10.9 Å². The number of rotatable bonds is 9. The molecule has 6 nitrogen and oxygen atoms in total. The number of benzene rings is 1. The molecule has 1 aliphatic rings. The van der Waals surface area contributed by atoms with Crippen LogP contribution in [0.1, 0.15) is 36.9 Å². The number of hydrogen-bond donors (Lipinski definition) is 1. The van der Waals surface area contributed by atoms with Gasteiger partial charge in [-0.1, -0.05) is 36.7 Å². The first-order valence-corrected chi connectivity index (χ1v) is 9.57. The average molecular weight is 371 g/mol. The average Bonchev–Trinajstić information content (AvgIpc) is 2.99. The Labute approximate surface area is 156 Å². The highest BCUT2D eigenvalue weighted by atomic mass is 32.2. The second-order valence-electron chi connectivity index (χ2n) is 6.12. The van der Waals surface area contributed by atoms with Crippen molar-refractivity contribution in [2.75, 3.05) is 0 Å². The molecule has 2 aromatic rings. The van der Waals surface area contributed by atoms with Gasteiger partial charge in [-0.15, -0.1) is 0 Å². The summed E-state index contributed by atoms with van der Waals surface area (Å²) in [6.07, 6.45) is 8.03. The molecule has 1 saturated heterocycles. The molecule has 1 atom stereocenters. The van der Waals surface area contributed by atoms with Crippen LogP contribution in [0, 0.1) is 0 Å². The van der Waals surface area contributed by atoms with Crippen molar-refractivity contribution in [3.8, 4) is 5.75 Å². The maximum atomic E-state index is 11.5. The number of thioether (sulfide) groups is 1. The molecule has 1 unspecified atom stereocenters. The van der Waals surface area contributed by atoms with Crippen LogP contribution >= 0.6 is 11.8 Å². The molecule has 7 heteroatoms. The summed E-state index contributed by atoms with van der Waals surface area (Å²) in [4.78, 5) is 30.6. The number of ether oxygens (including phenoxy) is 1. The predicted molar refractivity (Wildman–Crippen MR) is 99.9 cm³/mol. The van der Waals surface area contributed by atoms with Crippen LogP contribution < -0.4 is 10.1 Å². The van der Waals surface area contributed by atoms with Crippen molar-refractivity contribution in [3.63, 3.8) is 0 Å². The maximum Gasteiger partial charge on any atom is 0.286 e. The van der Waals surface area contributed by atoms with Crippen molar-refractivity contribution in [3.05, 3.63) is 54.1 Å². The molecule has 0 spiro atoms. The van der Waals surface area contributed by atoms with Gasteiger partial charge in [-0.05, 0) is 43.0 Å². The molecule has 1 aromatic carbocycles. The van der Waals surface area contributed by atoms with Gasteiger partial charge in [-0.25, -0.2) is 9.97 Å². The SMILES string of the molecule is O=C1NC(=O)C(CCCCCc2ccc(OCc3ccncn3)cc2)S1. The summed E-state index contributed by atoms with van der Waals surface area (Å²) in [5.74, 6) is 0.679.